The SMILES string of the molecule is CCc1cc(-c2nnc(C(=O)NC(C)C)n2-c2ccc(CN3CCN(CC4CCN(C(=O)CCNc5nc6c(c(N7CCN(C(C)=O)CC7)n5)CCN(c5cc(O)cc7ccccc57)C6)CC4)CC3)cc2)c(O)cc1O. The van der Waals surface area contributed by atoms with E-state index >= 15 is 0 Å². The highest BCUT2D eigenvalue weighted by Gasteiger charge is 2.31. The molecule has 3 saturated heterocycles. The molecule has 19 nitrogen and oxygen atoms in total. The summed E-state index contributed by atoms with van der Waals surface area (Å²) in [6.45, 7) is 18.8. The molecule has 19 heteroatoms. The van der Waals surface area contributed by atoms with Crippen LogP contribution in [0.4, 0.5) is 17.5 Å². The third kappa shape index (κ3) is 11.5. The molecule has 5 N–H and O–H groups in total. The van der Waals surface area contributed by atoms with E-state index in [0.29, 0.717) is 86.6 Å². The normalized spacial score (nSPS) is 16.9. The lowest BCUT2D eigenvalue weighted by Gasteiger charge is -2.39. The van der Waals surface area contributed by atoms with Gasteiger partial charge in [-0.15, -0.1) is 10.2 Å². The fourth-order valence-electron chi connectivity index (χ4n) is 11.3. The van der Waals surface area contributed by atoms with Gasteiger partial charge in [-0.05, 0) is 86.2 Å². The average Bonchev–Trinajstić information content (AvgIpc) is 3.86. The van der Waals surface area contributed by atoms with E-state index in [1.54, 1.807) is 23.6 Å². The van der Waals surface area contributed by atoms with Crippen molar-refractivity contribution < 1.29 is 29.7 Å². The lowest BCUT2D eigenvalue weighted by molar-refractivity contribution is -0.132. The molecule has 4 aliphatic heterocycles. The summed E-state index contributed by atoms with van der Waals surface area (Å²) in [6, 6.07) is 22.6. The van der Waals surface area contributed by atoms with Crippen molar-refractivity contribution >= 4 is 45.9 Å². The van der Waals surface area contributed by atoms with E-state index < -0.39 is 0 Å². The number of fused-ring (bicyclic) bond motifs is 2. The molecule has 400 valence electrons. The molecule has 10 rings (SSSR count). The molecular weight excluding hydrogens is 963 g/mol. The Morgan fingerprint density at radius 3 is 2.22 bits per heavy atom. The van der Waals surface area contributed by atoms with E-state index in [0.717, 1.165) is 117 Å². The maximum absolute atomic E-state index is 13.6. The fraction of sp³-hybridized carbons (Fsp3) is 0.456. The van der Waals surface area contributed by atoms with Crippen molar-refractivity contribution in [3.8, 4) is 34.3 Å². The van der Waals surface area contributed by atoms with Crippen LogP contribution in [-0.4, -0.2) is 168 Å². The van der Waals surface area contributed by atoms with Gasteiger partial charge in [0, 0.05) is 145 Å². The fourth-order valence-corrected chi connectivity index (χ4v) is 11.3. The minimum atomic E-state index is -0.380. The van der Waals surface area contributed by atoms with Crippen LogP contribution in [0.1, 0.15) is 80.0 Å². The summed E-state index contributed by atoms with van der Waals surface area (Å²) in [5.41, 5.74) is 5.83. The summed E-state index contributed by atoms with van der Waals surface area (Å²) in [4.78, 5) is 62.7. The number of piperidine rings is 1. The first-order valence-corrected chi connectivity index (χ1v) is 27.0. The summed E-state index contributed by atoms with van der Waals surface area (Å²) in [5.74, 6) is 2.22. The molecule has 3 fully saturated rings. The molecule has 6 heterocycles. The molecule has 0 spiro atoms. The number of amides is 3. The number of aryl methyl sites for hydroxylation is 1. The predicted molar refractivity (Wildman–Crippen MR) is 293 cm³/mol. The standard InChI is InChI=1S/C57H71N13O6/c1-5-41-31-47(51(74)33-50(41)73)54-62-63-55(56(76)59-37(2)3)70(54)43-12-10-39(11-13-43)34-64-22-24-65(25-23-64)35-40-15-19-67(20-16-40)52(75)14-18-58-57-60-48-36-69(49-32-44(72)30-42-8-6-7-9-45(42)49)21-17-46(48)53(61-57)68-28-26-66(27-29-68)38(4)71/h6-13,30-33,37,40,72-74H,5,14-29,34-36H2,1-4H3,(H,59,76)(H,58,60,61). The second-order valence-electron chi connectivity index (χ2n) is 21.1. The van der Waals surface area contributed by atoms with Gasteiger partial charge < -0.3 is 50.5 Å². The Morgan fingerprint density at radius 1 is 0.763 bits per heavy atom. The smallest absolute Gasteiger partial charge is 0.289 e. The lowest BCUT2D eigenvalue weighted by Crippen LogP contribution is -2.49. The second-order valence-corrected chi connectivity index (χ2v) is 21.1. The van der Waals surface area contributed by atoms with Gasteiger partial charge >= 0.3 is 0 Å². The maximum Gasteiger partial charge on any atom is 0.289 e. The van der Waals surface area contributed by atoms with E-state index in [9.17, 15) is 29.7 Å². The zero-order valence-corrected chi connectivity index (χ0v) is 44.2. The van der Waals surface area contributed by atoms with Crippen LogP contribution >= 0.6 is 0 Å². The molecule has 4 aromatic carbocycles. The molecule has 3 amide bonds. The average molecular weight is 1030 g/mol. The quantitative estimate of drug-likeness (QED) is 0.0825. The van der Waals surface area contributed by atoms with E-state index in [2.05, 4.69) is 58.6 Å². The Hall–Kier alpha value is -7.51. The van der Waals surface area contributed by atoms with Gasteiger partial charge in [-0.1, -0.05) is 43.3 Å². The number of aromatic hydroxyl groups is 3. The first-order valence-electron chi connectivity index (χ1n) is 27.0. The molecule has 0 saturated carbocycles. The Bertz CT molecular complexity index is 3070. The van der Waals surface area contributed by atoms with Crippen molar-refractivity contribution in [3.05, 3.63) is 101 Å². The number of aromatic nitrogens is 5. The molecular formula is C57H71N13O6. The second kappa shape index (κ2) is 22.8. The van der Waals surface area contributed by atoms with Gasteiger partial charge in [0.1, 0.15) is 23.1 Å². The zero-order valence-electron chi connectivity index (χ0n) is 44.2. The first kappa shape index (κ1) is 52.0. The topological polar surface area (TPSA) is 212 Å². The summed E-state index contributed by atoms with van der Waals surface area (Å²) in [7, 11) is 0. The monoisotopic (exact) mass is 1030 g/mol. The molecule has 2 aromatic heterocycles. The van der Waals surface area contributed by atoms with Crippen LogP contribution in [0.5, 0.6) is 17.2 Å². The van der Waals surface area contributed by atoms with Crippen LogP contribution in [0.15, 0.2) is 72.8 Å². The van der Waals surface area contributed by atoms with E-state index in [1.165, 1.54) is 6.07 Å². The van der Waals surface area contributed by atoms with Gasteiger partial charge in [0.05, 0.1) is 17.8 Å². The Labute approximate surface area is 444 Å². The number of rotatable bonds is 15. The Morgan fingerprint density at radius 2 is 1.50 bits per heavy atom. The van der Waals surface area contributed by atoms with E-state index in [4.69, 9.17) is 9.97 Å². The van der Waals surface area contributed by atoms with Crippen LogP contribution in [0.2, 0.25) is 0 Å². The van der Waals surface area contributed by atoms with Crippen LogP contribution < -0.4 is 20.4 Å². The maximum atomic E-state index is 13.6. The molecule has 4 aliphatic rings. The van der Waals surface area contributed by atoms with Crippen LogP contribution in [0, 0.1) is 5.92 Å². The number of hydrogen-bond donors (Lipinski definition) is 5. The van der Waals surface area contributed by atoms with Crippen molar-refractivity contribution in [2.75, 3.05) is 100 Å². The number of phenols is 3. The van der Waals surface area contributed by atoms with Crippen molar-refractivity contribution in [3.63, 3.8) is 0 Å². The number of nitrogens with one attached hydrogen (secondary N) is 2. The number of phenolic OH excluding ortho intramolecular Hbond substituents is 3. The van der Waals surface area contributed by atoms with Crippen LogP contribution in [0.25, 0.3) is 27.8 Å². The molecule has 0 radical (unpaired) electrons. The number of carbonyl (C=O) groups is 3. The highest BCUT2D eigenvalue weighted by molar-refractivity contribution is 5.96. The number of likely N-dealkylation sites (tertiary alicyclic amines) is 1. The number of benzene rings is 4. The predicted octanol–water partition coefficient (Wildman–Crippen LogP) is 5.78. The highest BCUT2D eigenvalue weighted by atomic mass is 16.3. The molecule has 0 atom stereocenters. The third-order valence-corrected chi connectivity index (χ3v) is 15.5. The van der Waals surface area contributed by atoms with Crippen LogP contribution in [-0.2, 0) is 35.5 Å². The highest BCUT2D eigenvalue weighted by Crippen LogP contribution is 2.38. The number of nitrogens with zero attached hydrogens (tertiary/aromatic N) is 11. The molecule has 0 aliphatic carbocycles. The first-order chi connectivity index (χ1) is 36.8. The molecule has 0 bridgehead atoms. The summed E-state index contributed by atoms with van der Waals surface area (Å²) < 4.78 is 1.66. The molecule has 0 unspecified atom stereocenters. The minimum absolute atomic E-state index is 0.00309. The van der Waals surface area contributed by atoms with E-state index in [1.807, 2.05) is 67.0 Å². The lowest BCUT2D eigenvalue weighted by atomic mass is 9.95. The van der Waals surface area contributed by atoms with Crippen LogP contribution in [0.3, 0.4) is 0 Å². The third-order valence-electron chi connectivity index (χ3n) is 15.5. The van der Waals surface area contributed by atoms with Gasteiger partial charge in [0.2, 0.25) is 23.6 Å². The van der Waals surface area contributed by atoms with Gasteiger partial charge in [-0.25, -0.2) is 4.98 Å². The molecule has 6 aromatic rings. The summed E-state index contributed by atoms with van der Waals surface area (Å²) in [5, 5.41) is 48.9. The summed E-state index contributed by atoms with van der Waals surface area (Å²) in [6.07, 6.45) is 3.58. The Balaban J connectivity index is 0.708. The van der Waals surface area contributed by atoms with Crippen molar-refractivity contribution in [2.45, 2.75) is 78.9 Å². The van der Waals surface area contributed by atoms with E-state index in [-0.39, 0.29) is 46.8 Å². The molecule has 76 heavy (non-hydrogen) atoms. The van der Waals surface area contributed by atoms with Gasteiger partial charge in [0.15, 0.2) is 5.82 Å². The number of piperazine rings is 2. The van der Waals surface area contributed by atoms with Crippen molar-refractivity contribution in [1.82, 2.24) is 49.6 Å². The number of carbonyl (C=O) groups excluding carboxylic acids is 3. The number of hydrogen-bond acceptors (Lipinski definition) is 15. The summed E-state index contributed by atoms with van der Waals surface area (Å²) >= 11 is 0. The van der Waals surface area contributed by atoms with Crippen molar-refractivity contribution in [1.29, 1.82) is 0 Å². The van der Waals surface area contributed by atoms with Gasteiger partial charge in [-0.2, -0.15) is 4.98 Å². The minimum Gasteiger partial charge on any atom is -0.508 e. The van der Waals surface area contributed by atoms with Crippen molar-refractivity contribution in [2.24, 2.45) is 5.92 Å². The zero-order chi connectivity index (χ0) is 53.0. The largest absolute Gasteiger partial charge is 0.508 e. The van der Waals surface area contributed by atoms with Gasteiger partial charge in [0.25, 0.3) is 5.91 Å². The van der Waals surface area contributed by atoms with Gasteiger partial charge in [-0.3, -0.25) is 23.9 Å². The number of anilines is 3. The Kier molecular flexibility index (Phi) is 15.6.